The highest BCUT2D eigenvalue weighted by molar-refractivity contribution is 9.10. The Hall–Kier alpha value is -0.410. The number of rotatable bonds is 5. The van der Waals surface area contributed by atoms with Gasteiger partial charge in [0.05, 0.1) is 4.47 Å². The van der Waals surface area contributed by atoms with E-state index in [1.165, 1.54) is 19.3 Å². The molecule has 88 valence electrons. The molecule has 2 rings (SSSR count). The van der Waals surface area contributed by atoms with Crippen LogP contribution in [-0.4, -0.2) is 6.04 Å². The molecule has 0 radical (unpaired) electrons. The molecule has 0 aromatic heterocycles. The predicted molar refractivity (Wildman–Crippen MR) is 67.7 cm³/mol. The molecular formula is C13H17BrFN. The maximum Gasteiger partial charge on any atom is 0.137 e. The Morgan fingerprint density at radius 2 is 2.31 bits per heavy atom. The highest BCUT2D eigenvalue weighted by Gasteiger charge is 2.35. The van der Waals surface area contributed by atoms with Crippen LogP contribution in [0.1, 0.15) is 31.7 Å². The van der Waals surface area contributed by atoms with Gasteiger partial charge in [0.1, 0.15) is 5.82 Å². The Morgan fingerprint density at radius 3 is 3.00 bits per heavy atom. The van der Waals surface area contributed by atoms with Crippen LogP contribution in [0.3, 0.4) is 0 Å². The molecule has 0 amide bonds. The molecule has 0 bridgehead atoms. The number of nitrogens with one attached hydrogen (secondary N) is 1. The largest absolute Gasteiger partial charge is 0.310 e. The van der Waals surface area contributed by atoms with Crippen LogP contribution >= 0.6 is 15.9 Å². The lowest BCUT2D eigenvalue weighted by atomic mass is 10.2. The minimum Gasteiger partial charge on any atom is -0.310 e. The van der Waals surface area contributed by atoms with Crippen molar-refractivity contribution in [2.75, 3.05) is 0 Å². The molecule has 0 saturated heterocycles. The molecule has 2 atom stereocenters. The van der Waals surface area contributed by atoms with E-state index in [0.29, 0.717) is 10.5 Å². The quantitative estimate of drug-likeness (QED) is 0.866. The van der Waals surface area contributed by atoms with E-state index in [9.17, 15) is 4.39 Å². The lowest BCUT2D eigenvalue weighted by Gasteiger charge is -2.05. The predicted octanol–water partition coefficient (Wildman–Crippen LogP) is 3.87. The van der Waals surface area contributed by atoms with Crippen molar-refractivity contribution in [2.24, 2.45) is 5.92 Å². The van der Waals surface area contributed by atoms with Gasteiger partial charge in [-0.15, -0.1) is 0 Å². The molecule has 1 aromatic carbocycles. The van der Waals surface area contributed by atoms with E-state index in [1.54, 1.807) is 12.1 Å². The Morgan fingerprint density at radius 1 is 1.50 bits per heavy atom. The van der Waals surface area contributed by atoms with Crippen LogP contribution < -0.4 is 5.32 Å². The van der Waals surface area contributed by atoms with E-state index in [-0.39, 0.29) is 5.82 Å². The van der Waals surface area contributed by atoms with Crippen molar-refractivity contribution < 1.29 is 4.39 Å². The summed E-state index contributed by atoms with van der Waals surface area (Å²) in [5.74, 6) is 0.672. The Bertz CT molecular complexity index is 367. The summed E-state index contributed by atoms with van der Waals surface area (Å²) in [6.07, 6.45) is 3.86. The average Bonchev–Trinajstić information content (AvgIpc) is 2.99. The third kappa shape index (κ3) is 3.05. The molecule has 0 aliphatic heterocycles. The standard InChI is InChI=1S/C13H17BrFN/c1-2-3-10-7-13(10)16-8-9-4-5-11(14)12(15)6-9/h4-6,10,13,16H,2-3,7-8H2,1H3. The summed E-state index contributed by atoms with van der Waals surface area (Å²) in [7, 11) is 0. The molecule has 1 N–H and O–H groups in total. The SMILES string of the molecule is CCCC1CC1NCc1ccc(Br)c(F)c1. The zero-order valence-corrected chi connectivity index (χ0v) is 11.1. The van der Waals surface area contributed by atoms with Gasteiger partial charge in [-0.1, -0.05) is 19.4 Å². The third-order valence-corrected chi connectivity index (χ3v) is 3.78. The van der Waals surface area contributed by atoms with Crippen LogP contribution in [0.15, 0.2) is 22.7 Å². The second-order valence-corrected chi connectivity index (χ2v) is 5.37. The van der Waals surface area contributed by atoms with Crippen LogP contribution in [0.2, 0.25) is 0 Å². The maximum absolute atomic E-state index is 13.2. The van der Waals surface area contributed by atoms with Crippen molar-refractivity contribution in [3.05, 3.63) is 34.1 Å². The van der Waals surface area contributed by atoms with Crippen molar-refractivity contribution in [3.8, 4) is 0 Å². The number of benzene rings is 1. The Kier molecular flexibility index (Phi) is 3.98. The van der Waals surface area contributed by atoms with Gasteiger partial charge in [0.15, 0.2) is 0 Å². The molecule has 0 spiro atoms. The van der Waals surface area contributed by atoms with Crippen LogP contribution in [0, 0.1) is 11.7 Å². The zero-order chi connectivity index (χ0) is 11.5. The van der Waals surface area contributed by atoms with Gasteiger partial charge < -0.3 is 5.32 Å². The van der Waals surface area contributed by atoms with Crippen molar-refractivity contribution >= 4 is 15.9 Å². The molecule has 1 nitrogen and oxygen atoms in total. The second-order valence-electron chi connectivity index (χ2n) is 4.52. The number of hydrogen-bond acceptors (Lipinski definition) is 1. The molecule has 1 fully saturated rings. The lowest BCUT2D eigenvalue weighted by molar-refractivity contribution is 0.591. The molecule has 1 aliphatic rings. The summed E-state index contributed by atoms with van der Waals surface area (Å²) in [5, 5.41) is 3.47. The first-order valence-electron chi connectivity index (χ1n) is 5.88. The van der Waals surface area contributed by atoms with E-state index in [0.717, 1.165) is 18.0 Å². The van der Waals surface area contributed by atoms with E-state index in [2.05, 4.69) is 28.2 Å². The van der Waals surface area contributed by atoms with Crippen molar-refractivity contribution in [1.29, 1.82) is 0 Å². The summed E-state index contributed by atoms with van der Waals surface area (Å²) >= 11 is 3.16. The maximum atomic E-state index is 13.2. The summed E-state index contributed by atoms with van der Waals surface area (Å²) in [6.45, 7) is 2.99. The molecule has 1 aromatic rings. The van der Waals surface area contributed by atoms with E-state index < -0.39 is 0 Å². The fourth-order valence-electron chi connectivity index (χ4n) is 2.09. The monoisotopic (exact) mass is 285 g/mol. The molecule has 3 heteroatoms. The van der Waals surface area contributed by atoms with Gasteiger partial charge in [-0.3, -0.25) is 0 Å². The van der Waals surface area contributed by atoms with Gasteiger partial charge in [-0.05, 0) is 52.4 Å². The summed E-state index contributed by atoms with van der Waals surface area (Å²) in [5.41, 5.74) is 1.02. The molecular weight excluding hydrogens is 269 g/mol. The Balaban J connectivity index is 1.80. The van der Waals surface area contributed by atoms with Crippen LogP contribution in [0.4, 0.5) is 4.39 Å². The first kappa shape index (κ1) is 12.1. The number of hydrogen-bond donors (Lipinski definition) is 1. The van der Waals surface area contributed by atoms with Gasteiger partial charge in [-0.2, -0.15) is 0 Å². The van der Waals surface area contributed by atoms with Gasteiger partial charge >= 0.3 is 0 Å². The number of halogens is 2. The fraction of sp³-hybridized carbons (Fsp3) is 0.538. The topological polar surface area (TPSA) is 12.0 Å². The van der Waals surface area contributed by atoms with Crippen molar-refractivity contribution in [2.45, 2.75) is 38.8 Å². The normalized spacial score (nSPS) is 23.4. The average molecular weight is 286 g/mol. The van der Waals surface area contributed by atoms with Gasteiger partial charge in [0, 0.05) is 12.6 Å². The van der Waals surface area contributed by atoms with Gasteiger partial charge in [0.2, 0.25) is 0 Å². The van der Waals surface area contributed by atoms with E-state index in [4.69, 9.17) is 0 Å². The van der Waals surface area contributed by atoms with Gasteiger partial charge in [0.25, 0.3) is 0 Å². The van der Waals surface area contributed by atoms with E-state index >= 15 is 0 Å². The zero-order valence-electron chi connectivity index (χ0n) is 9.47. The molecule has 1 aliphatic carbocycles. The van der Waals surface area contributed by atoms with Crippen LogP contribution in [0.5, 0.6) is 0 Å². The minimum absolute atomic E-state index is 0.180. The van der Waals surface area contributed by atoms with E-state index in [1.807, 2.05) is 6.07 Å². The lowest BCUT2D eigenvalue weighted by Crippen LogP contribution is -2.17. The van der Waals surface area contributed by atoms with Crippen LogP contribution in [0.25, 0.3) is 0 Å². The Labute approximate surface area is 105 Å². The smallest absolute Gasteiger partial charge is 0.137 e. The third-order valence-electron chi connectivity index (χ3n) is 3.13. The summed E-state index contributed by atoms with van der Waals surface area (Å²) in [6, 6.07) is 5.97. The highest BCUT2D eigenvalue weighted by Crippen LogP contribution is 2.34. The van der Waals surface area contributed by atoms with Gasteiger partial charge in [-0.25, -0.2) is 4.39 Å². The highest BCUT2D eigenvalue weighted by atomic mass is 79.9. The van der Waals surface area contributed by atoms with Crippen LogP contribution in [-0.2, 0) is 6.54 Å². The fourth-order valence-corrected chi connectivity index (χ4v) is 2.33. The summed E-state index contributed by atoms with van der Waals surface area (Å²) in [4.78, 5) is 0. The molecule has 0 heterocycles. The summed E-state index contributed by atoms with van der Waals surface area (Å²) < 4.78 is 13.8. The van der Waals surface area contributed by atoms with Crippen molar-refractivity contribution in [3.63, 3.8) is 0 Å². The van der Waals surface area contributed by atoms with Crippen molar-refractivity contribution in [1.82, 2.24) is 5.32 Å². The second kappa shape index (κ2) is 5.28. The molecule has 16 heavy (non-hydrogen) atoms. The minimum atomic E-state index is -0.180. The first-order chi connectivity index (χ1) is 7.70. The first-order valence-corrected chi connectivity index (χ1v) is 6.67. The molecule has 1 saturated carbocycles. The molecule has 2 unspecified atom stereocenters.